The summed E-state index contributed by atoms with van der Waals surface area (Å²) in [5.41, 5.74) is 6.72. The van der Waals surface area contributed by atoms with E-state index in [0.717, 1.165) is 31.7 Å². The molecule has 1 unspecified atom stereocenters. The van der Waals surface area contributed by atoms with Gasteiger partial charge < -0.3 is 10.2 Å². The minimum Gasteiger partial charge on any atom is -0.419 e. The molecule has 3 rings (SSSR count). The fraction of sp³-hybridized carbons (Fsp3) is 0.467. The van der Waals surface area contributed by atoms with Crippen molar-refractivity contribution in [3.8, 4) is 11.5 Å². The molecule has 0 bridgehead atoms. The Hall–Kier alpha value is -1.72. The Kier molecular flexibility index (Phi) is 4.08. The number of nitrogens with two attached hydrogens (primary N) is 1. The van der Waals surface area contributed by atoms with Crippen molar-refractivity contribution in [3.63, 3.8) is 0 Å². The number of aromatic nitrogens is 2. The van der Waals surface area contributed by atoms with Crippen LogP contribution in [0.2, 0.25) is 0 Å². The van der Waals surface area contributed by atoms with Crippen LogP contribution < -0.4 is 5.73 Å². The number of likely N-dealkylation sites (tertiary alicyclic amines) is 1. The van der Waals surface area contributed by atoms with Gasteiger partial charge in [-0.25, -0.2) is 0 Å². The van der Waals surface area contributed by atoms with Crippen LogP contribution in [0.1, 0.15) is 18.7 Å². The largest absolute Gasteiger partial charge is 0.419 e. The molecule has 0 saturated carbocycles. The highest BCUT2D eigenvalue weighted by Crippen LogP contribution is 2.20. The summed E-state index contributed by atoms with van der Waals surface area (Å²) in [5.74, 6) is 1.87. The quantitative estimate of drug-likeness (QED) is 0.920. The van der Waals surface area contributed by atoms with Crippen molar-refractivity contribution in [3.05, 3.63) is 36.2 Å². The van der Waals surface area contributed by atoms with Crippen LogP contribution in [0.3, 0.4) is 0 Å². The molecule has 1 saturated heterocycles. The van der Waals surface area contributed by atoms with Crippen molar-refractivity contribution in [1.29, 1.82) is 0 Å². The Bertz CT molecular complexity index is 540. The fourth-order valence-corrected chi connectivity index (χ4v) is 2.69. The second kappa shape index (κ2) is 6.15. The van der Waals surface area contributed by atoms with Gasteiger partial charge in [0, 0.05) is 12.1 Å². The summed E-state index contributed by atoms with van der Waals surface area (Å²) in [6.07, 6.45) is 2.42. The molecule has 106 valence electrons. The number of hydrogen-bond acceptors (Lipinski definition) is 5. The SMILES string of the molecule is NCC1CCCN(Cc2nnc(-c3ccccc3)o2)C1. The van der Waals surface area contributed by atoms with Crippen LogP contribution in [-0.4, -0.2) is 34.7 Å². The normalized spacial score (nSPS) is 20.1. The van der Waals surface area contributed by atoms with Gasteiger partial charge >= 0.3 is 0 Å². The van der Waals surface area contributed by atoms with Crippen molar-refractivity contribution < 1.29 is 4.42 Å². The lowest BCUT2D eigenvalue weighted by molar-refractivity contribution is 0.158. The highest BCUT2D eigenvalue weighted by molar-refractivity contribution is 5.51. The maximum atomic E-state index is 5.76. The molecule has 1 aliphatic rings. The molecule has 2 heterocycles. The van der Waals surface area contributed by atoms with Gasteiger partial charge in [-0.1, -0.05) is 18.2 Å². The molecule has 0 radical (unpaired) electrons. The summed E-state index contributed by atoms with van der Waals surface area (Å²) in [4.78, 5) is 2.35. The van der Waals surface area contributed by atoms with Gasteiger partial charge in [0.25, 0.3) is 0 Å². The Morgan fingerprint density at radius 2 is 2.10 bits per heavy atom. The highest BCUT2D eigenvalue weighted by atomic mass is 16.4. The van der Waals surface area contributed by atoms with E-state index in [1.807, 2.05) is 30.3 Å². The summed E-state index contributed by atoms with van der Waals surface area (Å²) in [6.45, 7) is 3.59. The third kappa shape index (κ3) is 3.05. The summed E-state index contributed by atoms with van der Waals surface area (Å²) in [7, 11) is 0. The third-order valence-electron chi connectivity index (χ3n) is 3.78. The molecule has 5 heteroatoms. The Morgan fingerprint density at radius 3 is 2.90 bits per heavy atom. The van der Waals surface area contributed by atoms with Crippen LogP contribution >= 0.6 is 0 Å². The molecule has 1 aromatic carbocycles. The van der Waals surface area contributed by atoms with Gasteiger partial charge in [-0.2, -0.15) is 0 Å². The van der Waals surface area contributed by atoms with Gasteiger partial charge in [-0.3, -0.25) is 4.90 Å². The molecule has 1 aliphatic heterocycles. The van der Waals surface area contributed by atoms with E-state index in [0.29, 0.717) is 17.7 Å². The molecule has 1 aromatic heterocycles. The van der Waals surface area contributed by atoms with E-state index in [2.05, 4.69) is 15.1 Å². The van der Waals surface area contributed by atoms with Crippen molar-refractivity contribution in [2.45, 2.75) is 19.4 Å². The van der Waals surface area contributed by atoms with E-state index in [-0.39, 0.29) is 0 Å². The number of benzene rings is 1. The summed E-state index contributed by atoms with van der Waals surface area (Å²) in [6, 6.07) is 9.86. The minimum atomic E-state index is 0.591. The first-order valence-corrected chi connectivity index (χ1v) is 7.15. The molecule has 2 aromatic rings. The molecule has 1 atom stereocenters. The number of rotatable bonds is 4. The number of piperidine rings is 1. The van der Waals surface area contributed by atoms with Crippen molar-refractivity contribution in [1.82, 2.24) is 15.1 Å². The molecular formula is C15H20N4O. The van der Waals surface area contributed by atoms with Crippen LogP contribution in [-0.2, 0) is 6.54 Å². The van der Waals surface area contributed by atoms with E-state index in [1.54, 1.807) is 0 Å². The number of hydrogen-bond donors (Lipinski definition) is 1. The molecule has 1 fully saturated rings. The van der Waals surface area contributed by atoms with Crippen molar-refractivity contribution >= 4 is 0 Å². The summed E-state index contributed by atoms with van der Waals surface area (Å²) in [5, 5.41) is 8.27. The van der Waals surface area contributed by atoms with Crippen LogP contribution in [0.15, 0.2) is 34.7 Å². The molecule has 2 N–H and O–H groups in total. The van der Waals surface area contributed by atoms with Gasteiger partial charge in [0.05, 0.1) is 6.54 Å². The van der Waals surface area contributed by atoms with E-state index in [1.165, 1.54) is 12.8 Å². The van der Waals surface area contributed by atoms with Crippen LogP contribution in [0.4, 0.5) is 0 Å². The maximum Gasteiger partial charge on any atom is 0.247 e. The smallest absolute Gasteiger partial charge is 0.247 e. The molecule has 5 nitrogen and oxygen atoms in total. The lowest BCUT2D eigenvalue weighted by Gasteiger charge is -2.30. The zero-order valence-electron chi connectivity index (χ0n) is 11.5. The predicted octanol–water partition coefficient (Wildman–Crippen LogP) is 1.91. The Morgan fingerprint density at radius 1 is 1.25 bits per heavy atom. The monoisotopic (exact) mass is 272 g/mol. The average molecular weight is 272 g/mol. The molecule has 20 heavy (non-hydrogen) atoms. The van der Waals surface area contributed by atoms with Crippen LogP contribution in [0.25, 0.3) is 11.5 Å². The van der Waals surface area contributed by atoms with E-state index in [4.69, 9.17) is 10.2 Å². The van der Waals surface area contributed by atoms with Crippen LogP contribution in [0, 0.1) is 5.92 Å². The molecular weight excluding hydrogens is 252 g/mol. The van der Waals surface area contributed by atoms with E-state index in [9.17, 15) is 0 Å². The number of nitrogens with zero attached hydrogens (tertiary/aromatic N) is 3. The van der Waals surface area contributed by atoms with E-state index >= 15 is 0 Å². The van der Waals surface area contributed by atoms with Gasteiger partial charge in [-0.15, -0.1) is 10.2 Å². The van der Waals surface area contributed by atoms with Crippen molar-refractivity contribution in [2.24, 2.45) is 11.7 Å². The first kappa shape index (κ1) is 13.3. The molecule has 0 aliphatic carbocycles. The Labute approximate surface area is 118 Å². The topological polar surface area (TPSA) is 68.2 Å². The summed E-state index contributed by atoms with van der Waals surface area (Å²) < 4.78 is 5.75. The summed E-state index contributed by atoms with van der Waals surface area (Å²) >= 11 is 0. The van der Waals surface area contributed by atoms with E-state index < -0.39 is 0 Å². The maximum absolute atomic E-state index is 5.76. The van der Waals surface area contributed by atoms with Gasteiger partial charge in [-0.05, 0) is 44.0 Å². The zero-order valence-corrected chi connectivity index (χ0v) is 11.5. The molecule has 0 amide bonds. The predicted molar refractivity (Wildman–Crippen MR) is 76.8 cm³/mol. The zero-order chi connectivity index (χ0) is 13.8. The molecule has 0 spiro atoms. The van der Waals surface area contributed by atoms with Gasteiger partial charge in [0.2, 0.25) is 11.8 Å². The van der Waals surface area contributed by atoms with Gasteiger partial charge in [0.1, 0.15) is 0 Å². The first-order chi connectivity index (χ1) is 9.85. The van der Waals surface area contributed by atoms with Crippen LogP contribution in [0.5, 0.6) is 0 Å². The van der Waals surface area contributed by atoms with Crippen molar-refractivity contribution in [2.75, 3.05) is 19.6 Å². The Balaban J connectivity index is 1.65. The minimum absolute atomic E-state index is 0.591. The third-order valence-corrected chi connectivity index (χ3v) is 3.78. The lowest BCUT2D eigenvalue weighted by Crippen LogP contribution is -2.37. The van der Waals surface area contributed by atoms with Gasteiger partial charge in [0.15, 0.2) is 0 Å². The second-order valence-corrected chi connectivity index (χ2v) is 5.35. The first-order valence-electron chi connectivity index (χ1n) is 7.15. The lowest BCUT2D eigenvalue weighted by atomic mass is 9.98. The standard InChI is InChI=1S/C15H20N4O/c16-9-12-5-4-8-19(10-12)11-14-17-18-15(20-14)13-6-2-1-3-7-13/h1-3,6-7,12H,4-5,8-11,16H2. The fourth-order valence-electron chi connectivity index (χ4n) is 2.69. The second-order valence-electron chi connectivity index (χ2n) is 5.35. The average Bonchev–Trinajstić information content (AvgIpc) is 2.97. The highest BCUT2D eigenvalue weighted by Gasteiger charge is 2.20.